The van der Waals surface area contributed by atoms with Crippen LogP contribution in [0.5, 0.6) is 0 Å². The Morgan fingerprint density at radius 1 is 0.468 bits per heavy atom. The number of hydrogen-bond donors (Lipinski definition) is 14. The molecule has 0 bridgehead atoms. The quantitative estimate of drug-likeness (QED) is 0.0363. The molecular formula is C24H44CaO22. The number of aliphatic hydroxyl groups excluding tert-OH is 14. The van der Waals surface area contributed by atoms with Crippen molar-refractivity contribution in [3.8, 4) is 0 Å². The van der Waals surface area contributed by atoms with Crippen molar-refractivity contribution in [1.29, 1.82) is 0 Å². The van der Waals surface area contributed by atoms with Crippen molar-refractivity contribution in [3.63, 3.8) is 0 Å². The molecule has 0 aliphatic carbocycles. The number of ether oxygens (including phenoxy) is 6. The molecule has 18 atom stereocenters. The molecule has 0 saturated carbocycles. The van der Waals surface area contributed by atoms with Crippen LogP contribution in [-0.2, 0) is 38.2 Å². The first-order valence-corrected chi connectivity index (χ1v) is 14.2. The molecule has 4 heterocycles. The summed E-state index contributed by atoms with van der Waals surface area (Å²) in [5.74, 6) is -4.82. The van der Waals surface area contributed by atoms with Gasteiger partial charge in [-0.25, -0.2) is 9.78 Å². The maximum Gasteiger partial charge on any atom is 2.00 e. The number of aliphatic hydroxyl groups is 14. The molecule has 4 fully saturated rings. The van der Waals surface area contributed by atoms with Crippen LogP contribution in [-0.4, -0.2) is 258 Å². The van der Waals surface area contributed by atoms with E-state index in [2.05, 4.69) is 0 Å². The van der Waals surface area contributed by atoms with E-state index in [0.717, 1.165) is 0 Å². The van der Waals surface area contributed by atoms with Gasteiger partial charge in [0, 0.05) is 0 Å². The molecule has 0 spiro atoms. The van der Waals surface area contributed by atoms with Crippen LogP contribution < -0.4 is 0 Å². The fraction of sp³-hybridized carbons (Fsp3) is 1.00. The van der Waals surface area contributed by atoms with Crippen LogP contribution in [0.3, 0.4) is 0 Å². The van der Waals surface area contributed by atoms with Crippen molar-refractivity contribution < 1.29 is 113 Å². The maximum atomic E-state index is 10.4. The van der Waals surface area contributed by atoms with E-state index in [0.29, 0.717) is 0 Å². The summed E-state index contributed by atoms with van der Waals surface area (Å²) < 4.78 is 32.1. The summed E-state index contributed by atoms with van der Waals surface area (Å²) >= 11 is 0. The first-order valence-electron chi connectivity index (χ1n) is 14.2. The Kier molecular flexibility index (Phi) is 15.4. The average molecular weight is 725 g/mol. The second-order valence-electron chi connectivity index (χ2n) is 11.3. The van der Waals surface area contributed by atoms with Crippen molar-refractivity contribution >= 4 is 37.7 Å². The zero-order valence-electron chi connectivity index (χ0n) is 26.7. The minimum Gasteiger partial charge on any atom is -1.00 e. The molecule has 0 unspecified atom stereocenters. The Hall–Kier alpha value is 0.380. The zero-order valence-corrected chi connectivity index (χ0v) is 26.9. The summed E-state index contributed by atoms with van der Waals surface area (Å²) in [5.41, 5.74) is 0. The van der Waals surface area contributed by atoms with E-state index in [1.807, 2.05) is 0 Å². The molecule has 0 aromatic carbocycles. The van der Waals surface area contributed by atoms with Crippen LogP contribution in [0, 0.1) is 0 Å². The normalized spacial score (nSPS) is 50.4. The van der Waals surface area contributed by atoms with Gasteiger partial charge in [0.05, 0.1) is 13.2 Å². The van der Waals surface area contributed by atoms with Crippen LogP contribution in [0.4, 0.5) is 0 Å². The minimum atomic E-state index is -2.41. The molecule has 14 N–H and O–H groups in total. The SMILES string of the molecule is OC[C@H]1O[C@@](CO)(O[C@H]2O[C@H](COOC[C@H]3O[C@H](O[C@]4(CO)O[C@H](CO)[C@@H](O)[C@@H]4O)[C@H](O)[C@@H](O)[C@@H]3O)[C@@H](O)[C@H](O)[C@H]2O)[C@@H](O)[C@@H]1O.[Ca+2].[H-].[H-]. The van der Waals surface area contributed by atoms with Gasteiger partial charge >= 0.3 is 37.7 Å². The third kappa shape index (κ3) is 8.23. The molecule has 4 aliphatic rings. The van der Waals surface area contributed by atoms with Gasteiger partial charge in [0.15, 0.2) is 12.6 Å². The Bertz CT molecular complexity index is 910. The van der Waals surface area contributed by atoms with Crippen LogP contribution >= 0.6 is 0 Å². The number of rotatable bonds is 13. The Morgan fingerprint density at radius 2 is 0.809 bits per heavy atom. The molecular weight excluding hydrogens is 680 g/mol. The second kappa shape index (κ2) is 17.3. The summed E-state index contributed by atoms with van der Waals surface area (Å²) in [7, 11) is 0. The van der Waals surface area contributed by atoms with Gasteiger partial charge in [0.25, 0.3) is 0 Å². The Balaban J connectivity index is 0.00000400. The zero-order chi connectivity index (χ0) is 34.1. The summed E-state index contributed by atoms with van der Waals surface area (Å²) in [5, 5.41) is 141. The van der Waals surface area contributed by atoms with Crippen molar-refractivity contribution in [1.82, 2.24) is 0 Å². The van der Waals surface area contributed by atoms with Gasteiger partial charge in [-0.3, -0.25) is 0 Å². The van der Waals surface area contributed by atoms with E-state index < -0.39 is 149 Å². The van der Waals surface area contributed by atoms with Gasteiger partial charge < -0.3 is 103 Å². The smallest absolute Gasteiger partial charge is 1.00 e. The van der Waals surface area contributed by atoms with Crippen molar-refractivity contribution in [2.45, 2.75) is 110 Å². The standard InChI is InChI=1S/C24H42O22.Ca.2H/c25-1-7-13(31)19(37)23(5-27,43-7)45-21-17(35)15(33)11(29)9(41-21)3-39-40-4-10-12(30)16(34)18(36)22(42-10)46-24(6-28)20(38)14(32)8(2-26)44-24;;;/h7-22,25-38H,1-6H2;;;/q;+2;2*-1/t7-,8-,9-,10-,11-,12-,13-,14-,15+,16+,17-,18-,19+,20+,21-,22-,23+,24+;;;/m1.../s1. The van der Waals surface area contributed by atoms with Gasteiger partial charge in [-0.05, 0) is 0 Å². The third-order valence-corrected chi connectivity index (χ3v) is 8.33. The fourth-order valence-corrected chi connectivity index (χ4v) is 5.47. The second-order valence-corrected chi connectivity index (χ2v) is 11.3. The summed E-state index contributed by atoms with van der Waals surface area (Å²) in [4.78, 5) is 9.95. The van der Waals surface area contributed by atoms with Gasteiger partial charge in [-0.1, -0.05) is 0 Å². The van der Waals surface area contributed by atoms with E-state index in [9.17, 15) is 71.5 Å². The molecule has 0 amide bonds. The molecule has 4 saturated heterocycles. The predicted molar refractivity (Wildman–Crippen MR) is 143 cm³/mol. The average Bonchev–Trinajstić information content (AvgIpc) is 3.44. The minimum absolute atomic E-state index is 0. The largest absolute Gasteiger partial charge is 2.00 e. The van der Waals surface area contributed by atoms with Crippen molar-refractivity contribution in [2.24, 2.45) is 0 Å². The Morgan fingerprint density at radius 3 is 1.09 bits per heavy atom. The van der Waals surface area contributed by atoms with E-state index in [-0.39, 0.29) is 40.6 Å². The summed E-state index contributed by atoms with van der Waals surface area (Å²) in [6, 6.07) is 0. The topological polar surface area (TPSA) is 357 Å². The monoisotopic (exact) mass is 724 g/mol. The Labute approximate surface area is 298 Å². The van der Waals surface area contributed by atoms with Crippen molar-refractivity contribution in [3.05, 3.63) is 0 Å². The fourth-order valence-electron chi connectivity index (χ4n) is 5.47. The van der Waals surface area contributed by atoms with E-state index in [1.54, 1.807) is 0 Å². The predicted octanol–water partition coefficient (Wildman–Crippen LogP) is -9.97. The molecule has 4 aliphatic heterocycles. The van der Waals surface area contributed by atoms with Crippen LogP contribution in [0.1, 0.15) is 2.85 Å². The molecule has 274 valence electrons. The van der Waals surface area contributed by atoms with Crippen LogP contribution in [0.15, 0.2) is 0 Å². The van der Waals surface area contributed by atoms with E-state index in [4.69, 9.17) is 38.2 Å². The first-order chi connectivity index (χ1) is 21.7. The molecule has 0 aromatic rings. The van der Waals surface area contributed by atoms with E-state index >= 15 is 0 Å². The first kappa shape index (κ1) is 41.8. The van der Waals surface area contributed by atoms with Gasteiger partial charge in [0.2, 0.25) is 11.6 Å². The molecule has 23 heteroatoms. The van der Waals surface area contributed by atoms with Crippen LogP contribution in [0.25, 0.3) is 0 Å². The van der Waals surface area contributed by atoms with E-state index in [1.165, 1.54) is 0 Å². The van der Waals surface area contributed by atoms with Crippen molar-refractivity contribution in [2.75, 3.05) is 39.6 Å². The molecule has 22 nitrogen and oxygen atoms in total. The van der Waals surface area contributed by atoms with Crippen LogP contribution in [0.2, 0.25) is 0 Å². The third-order valence-electron chi connectivity index (χ3n) is 8.33. The van der Waals surface area contributed by atoms with Gasteiger partial charge in [-0.15, -0.1) is 0 Å². The molecule has 0 aromatic heterocycles. The number of hydrogen-bond acceptors (Lipinski definition) is 22. The van der Waals surface area contributed by atoms with Gasteiger partial charge in [0.1, 0.15) is 112 Å². The maximum absolute atomic E-state index is 10.4. The summed E-state index contributed by atoms with van der Waals surface area (Å²) in [6.07, 6.45) is -28.5. The summed E-state index contributed by atoms with van der Waals surface area (Å²) in [6.45, 7) is -5.19. The molecule has 4 rings (SSSR count). The van der Waals surface area contributed by atoms with Gasteiger partial charge in [-0.2, -0.15) is 0 Å². The molecule has 47 heavy (non-hydrogen) atoms. The molecule has 0 radical (unpaired) electrons.